The van der Waals surface area contributed by atoms with E-state index in [9.17, 15) is 29.1 Å². The van der Waals surface area contributed by atoms with Crippen molar-refractivity contribution in [3.63, 3.8) is 0 Å². The number of nitrogens with one attached hydrogen (secondary N) is 4. The highest BCUT2D eigenvalue weighted by molar-refractivity contribution is 5.95. The van der Waals surface area contributed by atoms with Crippen molar-refractivity contribution < 1.29 is 39.3 Å². The summed E-state index contributed by atoms with van der Waals surface area (Å²) in [6, 6.07) is -5.54. The summed E-state index contributed by atoms with van der Waals surface area (Å²) >= 11 is 0. The van der Waals surface area contributed by atoms with Crippen LogP contribution in [0.25, 0.3) is 0 Å². The van der Waals surface area contributed by atoms with E-state index in [2.05, 4.69) is 25.9 Å². The number of nitrogens with zero attached hydrogens (tertiary/aromatic N) is 1. The molecule has 4 atom stereocenters. The van der Waals surface area contributed by atoms with Crippen LogP contribution in [0, 0.1) is 5.92 Å². The van der Waals surface area contributed by atoms with Crippen LogP contribution >= 0.6 is 0 Å². The van der Waals surface area contributed by atoms with Crippen molar-refractivity contribution in [2.24, 2.45) is 11.7 Å². The third kappa shape index (κ3) is 8.31. The highest BCUT2D eigenvalue weighted by Gasteiger charge is 2.32. The predicted octanol–water partition coefficient (Wildman–Crippen LogP) is -3.06. The first kappa shape index (κ1) is 26.5. The van der Waals surface area contributed by atoms with Gasteiger partial charge in [0.1, 0.15) is 24.2 Å². The number of H-pyrrole nitrogens is 1. The minimum Gasteiger partial charge on any atom is -0.481 e. The normalized spacial score (nSPS) is 14.7. The van der Waals surface area contributed by atoms with Gasteiger partial charge in [0, 0.05) is 18.3 Å². The Labute approximate surface area is 183 Å². The monoisotopic (exact) mass is 456 g/mol. The second-order valence-corrected chi connectivity index (χ2v) is 7.36. The smallest absolute Gasteiger partial charge is 0.326 e. The molecule has 0 aliphatic rings. The van der Waals surface area contributed by atoms with Crippen molar-refractivity contribution in [1.82, 2.24) is 25.9 Å². The number of hydrogen-bond acceptors (Lipinski definition) is 8. The molecule has 32 heavy (non-hydrogen) atoms. The van der Waals surface area contributed by atoms with E-state index >= 15 is 0 Å². The molecule has 1 aromatic rings. The number of carboxylic acids is 2. The average molecular weight is 456 g/mol. The van der Waals surface area contributed by atoms with Crippen molar-refractivity contribution in [1.29, 1.82) is 0 Å². The number of aromatic amines is 1. The third-order valence-corrected chi connectivity index (χ3v) is 4.39. The van der Waals surface area contributed by atoms with Crippen LogP contribution in [0.1, 0.15) is 26.0 Å². The molecule has 0 aliphatic heterocycles. The number of imidazole rings is 1. The van der Waals surface area contributed by atoms with E-state index in [1.807, 2.05) is 0 Å². The summed E-state index contributed by atoms with van der Waals surface area (Å²) < 4.78 is 0. The first-order chi connectivity index (χ1) is 15.0. The number of amides is 3. The summed E-state index contributed by atoms with van der Waals surface area (Å²) in [6.07, 6.45) is 1.79. The highest BCUT2D eigenvalue weighted by Crippen LogP contribution is 2.06. The maximum absolute atomic E-state index is 12.8. The molecule has 14 nitrogen and oxygen atoms in total. The fourth-order valence-corrected chi connectivity index (χ4v) is 2.61. The lowest BCUT2D eigenvalue weighted by Crippen LogP contribution is -2.58. The Kier molecular flexibility index (Phi) is 10.2. The van der Waals surface area contributed by atoms with Crippen LogP contribution in [0.15, 0.2) is 12.5 Å². The van der Waals surface area contributed by atoms with Gasteiger partial charge in [0.2, 0.25) is 17.7 Å². The van der Waals surface area contributed by atoms with Crippen LogP contribution in [-0.2, 0) is 30.4 Å². The molecule has 0 fully saturated rings. The van der Waals surface area contributed by atoms with Gasteiger partial charge in [0.15, 0.2) is 0 Å². The quantitative estimate of drug-likeness (QED) is 0.149. The SMILES string of the molecule is CC(C)C(NC(=O)C(Cc1cnc[nH]1)NC(=O)C(CC(=O)O)NC(=O)C(N)CO)C(=O)O. The summed E-state index contributed by atoms with van der Waals surface area (Å²) in [5, 5.41) is 34.1. The van der Waals surface area contributed by atoms with Gasteiger partial charge in [-0.25, -0.2) is 9.78 Å². The van der Waals surface area contributed by atoms with Gasteiger partial charge < -0.3 is 42.0 Å². The van der Waals surface area contributed by atoms with Gasteiger partial charge >= 0.3 is 11.9 Å². The Bertz CT molecular complexity index is 812. The maximum atomic E-state index is 12.8. The summed E-state index contributed by atoms with van der Waals surface area (Å²) in [5.41, 5.74) is 5.81. The van der Waals surface area contributed by atoms with Crippen molar-refractivity contribution in [2.75, 3.05) is 6.61 Å². The molecule has 4 unspecified atom stereocenters. The zero-order valence-electron chi connectivity index (χ0n) is 17.6. The molecular formula is C18H28N6O8. The zero-order chi connectivity index (χ0) is 24.4. The lowest BCUT2D eigenvalue weighted by molar-refractivity contribution is -0.144. The Balaban J connectivity index is 3.07. The van der Waals surface area contributed by atoms with Crippen LogP contribution in [0.2, 0.25) is 0 Å². The van der Waals surface area contributed by atoms with Crippen LogP contribution in [0.5, 0.6) is 0 Å². The highest BCUT2D eigenvalue weighted by atomic mass is 16.4. The number of rotatable bonds is 13. The first-order valence-corrected chi connectivity index (χ1v) is 9.65. The van der Waals surface area contributed by atoms with Gasteiger partial charge in [-0.2, -0.15) is 0 Å². The van der Waals surface area contributed by atoms with Crippen molar-refractivity contribution in [3.8, 4) is 0 Å². The number of aliphatic hydroxyl groups excluding tert-OH is 1. The fraction of sp³-hybridized carbons (Fsp3) is 0.556. The van der Waals surface area contributed by atoms with E-state index in [0.29, 0.717) is 5.69 Å². The predicted molar refractivity (Wildman–Crippen MR) is 108 cm³/mol. The Hall–Kier alpha value is -3.52. The molecule has 0 radical (unpaired) electrons. The van der Waals surface area contributed by atoms with E-state index in [1.165, 1.54) is 12.5 Å². The zero-order valence-corrected chi connectivity index (χ0v) is 17.6. The Morgan fingerprint density at radius 2 is 1.62 bits per heavy atom. The fourth-order valence-electron chi connectivity index (χ4n) is 2.61. The van der Waals surface area contributed by atoms with E-state index in [0.717, 1.165) is 0 Å². The molecule has 0 aromatic carbocycles. The molecule has 1 aromatic heterocycles. The summed E-state index contributed by atoms with van der Waals surface area (Å²) in [6.45, 7) is 2.44. The molecule has 0 aliphatic carbocycles. The van der Waals surface area contributed by atoms with E-state index in [-0.39, 0.29) is 6.42 Å². The molecule has 9 N–H and O–H groups in total. The number of aliphatic carboxylic acids is 2. The van der Waals surface area contributed by atoms with E-state index < -0.39 is 72.8 Å². The second-order valence-electron chi connectivity index (χ2n) is 7.36. The number of nitrogens with two attached hydrogens (primary N) is 1. The number of carbonyl (C=O) groups excluding carboxylic acids is 3. The summed E-state index contributed by atoms with van der Waals surface area (Å²) in [4.78, 5) is 66.5. The molecular weight excluding hydrogens is 428 g/mol. The first-order valence-electron chi connectivity index (χ1n) is 9.65. The number of aromatic nitrogens is 2. The topological polar surface area (TPSA) is 237 Å². The third-order valence-electron chi connectivity index (χ3n) is 4.39. The van der Waals surface area contributed by atoms with Gasteiger partial charge in [-0.05, 0) is 5.92 Å². The van der Waals surface area contributed by atoms with Crippen molar-refractivity contribution in [2.45, 2.75) is 50.9 Å². The molecule has 0 saturated carbocycles. The lowest BCUT2D eigenvalue weighted by Gasteiger charge is -2.25. The van der Waals surface area contributed by atoms with Crippen LogP contribution in [-0.4, -0.2) is 85.7 Å². The number of aliphatic hydroxyl groups is 1. The van der Waals surface area contributed by atoms with Gasteiger partial charge in [-0.15, -0.1) is 0 Å². The molecule has 1 rings (SSSR count). The lowest BCUT2D eigenvalue weighted by atomic mass is 10.0. The van der Waals surface area contributed by atoms with E-state index in [4.69, 9.17) is 15.9 Å². The van der Waals surface area contributed by atoms with Gasteiger partial charge in [0.05, 0.1) is 19.4 Å². The number of hydrogen-bond donors (Lipinski definition) is 8. The standard InChI is InChI=1S/C18H28N6O8/c1-8(2)14(18(31)32)24-17(30)11(3-9-5-20-7-21-9)23-16(29)12(4-13(26)27)22-15(28)10(19)6-25/h5,7-8,10-12,14,25H,3-4,6,19H2,1-2H3,(H,20,21)(H,22,28)(H,23,29)(H,24,30)(H,26,27)(H,31,32). The molecule has 0 spiro atoms. The molecule has 14 heteroatoms. The summed E-state index contributed by atoms with van der Waals surface area (Å²) in [5.74, 6) is -5.95. The minimum atomic E-state index is -1.60. The van der Waals surface area contributed by atoms with Crippen molar-refractivity contribution >= 4 is 29.7 Å². The molecule has 0 bridgehead atoms. The van der Waals surface area contributed by atoms with Gasteiger partial charge in [-0.3, -0.25) is 19.2 Å². The maximum Gasteiger partial charge on any atom is 0.326 e. The van der Waals surface area contributed by atoms with Crippen molar-refractivity contribution in [3.05, 3.63) is 18.2 Å². The average Bonchev–Trinajstić information content (AvgIpc) is 3.22. The molecule has 178 valence electrons. The molecule has 0 saturated heterocycles. The van der Waals surface area contributed by atoms with Crippen LogP contribution in [0.4, 0.5) is 0 Å². The second kappa shape index (κ2) is 12.4. The minimum absolute atomic E-state index is 0.119. The number of carboxylic acid groups (broad SMARTS) is 2. The van der Waals surface area contributed by atoms with Crippen LogP contribution < -0.4 is 21.7 Å². The van der Waals surface area contributed by atoms with Gasteiger partial charge in [-0.1, -0.05) is 13.8 Å². The molecule has 3 amide bonds. The Morgan fingerprint density at radius 3 is 2.09 bits per heavy atom. The Morgan fingerprint density at radius 1 is 1.03 bits per heavy atom. The summed E-state index contributed by atoms with van der Waals surface area (Å²) in [7, 11) is 0. The number of carbonyl (C=O) groups is 5. The largest absolute Gasteiger partial charge is 0.481 e. The van der Waals surface area contributed by atoms with Gasteiger partial charge in [0.25, 0.3) is 0 Å². The van der Waals surface area contributed by atoms with Crippen LogP contribution in [0.3, 0.4) is 0 Å². The molecule has 1 heterocycles. The van der Waals surface area contributed by atoms with E-state index in [1.54, 1.807) is 13.8 Å².